The average molecular weight is 420 g/mol. The van der Waals surface area contributed by atoms with Crippen LogP contribution in [0.1, 0.15) is 10.7 Å². The maximum absolute atomic E-state index is 4.44. The van der Waals surface area contributed by atoms with E-state index in [1.807, 2.05) is 24.0 Å². The van der Waals surface area contributed by atoms with Gasteiger partial charge in [-0.3, -0.25) is 4.99 Å². The Kier molecular flexibility index (Phi) is 8.28. The molecule has 2 rings (SSSR count). The minimum absolute atomic E-state index is 0. The van der Waals surface area contributed by atoms with Gasteiger partial charge in [-0.15, -0.1) is 35.3 Å². The Bertz CT molecular complexity index is 537. The lowest BCUT2D eigenvalue weighted by molar-refractivity contribution is 0.661. The number of imidazole rings is 1. The summed E-state index contributed by atoms with van der Waals surface area (Å²) in [5.41, 5.74) is 1.13. The number of aryl methyl sites for hydroxylation is 1. The average Bonchev–Trinajstić information content (AvgIpc) is 3.09. The number of nitrogens with zero attached hydrogens (tertiary/aromatic N) is 4. The van der Waals surface area contributed by atoms with E-state index in [-0.39, 0.29) is 24.0 Å². The third kappa shape index (κ3) is 6.42. The molecule has 0 saturated heterocycles. The van der Waals surface area contributed by atoms with Gasteiger partial charge < -0.3 is 15.2 Å². The molecule has 0 unspecified atom stereocenters. The Hall–Kier alpha value is -1.16. The van der Waals surface area contributed by atoms with E-state index in [0.717, 1.165) is 42.7 Å². The van der Waals surface area contributed by atoms with Crippen LogP contribution in [0, 0.1) is 6.92 Å². The smallest absolute Gasteiger partial charge is 0.191 e. The van der Waals surface area contributed by atoms with Crippen molar-refractivity contribution in [1.82, 2.24) is 25.2 Å². The van der Waals surface area contributed by atoms with Crippen molar-refractivity contribution in [2.45, 2.75) is 19.9 Å². The van der Waals surface area contributed by atoms with Crippen molar-refractivity contribution in [3.63, 3.8) is 0 Å². The van der Waals surface area contributed by atoms with Crippen molar-refractivity contribution < 1.29 is 0 Å². The number of aromatic nitrogens is 3. The number of hydrogen-bond donors (Lipinski definition) is 2. The van der Waals surface area contributed by atoms with Crippen LogP contribution in [-0.2, 0) is 13.0 Å². The van der Waals surface area contributed by atoms with Crippen LogP contribution in [0.4, 0.5) is 0 Å². The standard InChI is InChI=1S/C13H20N6S.HI/c1-11-18-12(9-20-11)3-4-16-13(14-2)17-6-8-19-7-5-15-10-19;/h5,7,9-10H,3-4,6,8H2,1-2H3,(H2,14,16,17);1H. The zero-order valence-electron chi connectivity index (χ0n) is 12.2. The minimum Gasteiger partial charge on any atom is -0.356 e. The van der Waals surface area contributed by atoms with Crippen LogP contribution < -0.4 is 10.6 Å². The van der Waals surface area contributed by atoms with Gasteiger partial charge in [-0.05, 0) is 6.92 Å². The van der Waals surface area contributed by atoms with E-state index in [9.17, 15) is 0 Å². The van der Waals surface area contributed by atoms with E-state index >= 15 is 0 Å². The summed E-state index contributed by atoms with van der Waals surface area (Å²) in [5, 5.41) is 9.77. The molecule has 2 heterocycles. The van der Waals surface area contributed by atoms with Gasteiger partial charge in [-0.1, -0.05) is 0 Å². The van der Waals surface area contributed by atoms with Crippen LogP contribution in [-0.4, -0.2) is 40.6 Å². The Labute approximate surface area is 146 Å². The zero-order chi connectivity index (χ0) is 14.2. The van der Waals surface area contributed by atoms with Crippen molar-refractivity contribution in [3.05, 3.63) is 34.8 Å². The summed E-state index contributed by atoms with van der Waals surface area (Å²) in [5.74, 6) is 0.817. The van der Waals surface area contributed by atoms with Gasteiger partial charge in [0.15, 0.2) is 5.96 Å². The summed E-state index contributed by atoms with van der Waals surface area (Å²) < 4.78 is 2.03. The first kappa shape index (κ1) is 17.9. The third-order valence-corrected chi connectivity index (χ3v) is 3.61. The van der Waals surface area contributed by atoms with E-state index in [2.05, 4.69) is 31.0 Å². The normalized spacial score (nSPS) is 11.0. The minimum atomic E-state index is 0. The molecule has 2 N–H and O–H groups in total. The Morgan fingerprint density at radius 2 is 2.19 bits per heavy atom. The molecular formula is C13H21IN6S. The first-order valence-electron chi connectivity index (χ1n) is 6.59. The fourth-order valence-corrected chi connectivity index (χ4v) is 2.42. The molecule has 0 aromatic carbocycles. The van der Waals surface area contributed by atoms with Gasteiger partial charge in [0.05, 0.1) is 17.0 Å². The highest BCUT2D eigenvalue weighted by atomic mass is 127. The number of hydrogen-bond acceptors (Lipinski definition) is 4. The quantitative estimate of drug-likeness (QED) is 0.424. The van der Waals surface area contributed by atoms with Crippen molar-refractivity contribution in [2.24, 2.45) is 4.99 Å². The van der Waals surface area contributed by atoms with Gasteiger partial charge >= 0.3 is 0 Å². The Morgan fingerprint density at radius 1 is 1.38 bits per heavy atom. The van der Waals surface area contributed by atoms with Crippen molar-refractivity contribution in [1.29, 1.82) is 0 Å². The number of guanidine groups is 1. The molecule has 0 spiro atoms. The summed E-state index contributed by atoms with van der Waals surface area (Å²) in [4.78, 5) is 12.6. The topological polar surface area (TPSA) is 67.1 Å². The molecule has 0 aliphatic carbocycles. The van der Waals surface area contributed by atoms with Gasteiger partial charge in [-0.25, -0.2) is 9.97 Å². The van der Waals surface area contributed by atoms with E-state index < -0.39 is 0 Å². The highest BCUT2D eigenvalue weighted by Crippen LogP contribution is 2.07. The lowest BCUT2D eigenvalue weighted by atomic mass is 10.3. The molecule has 2 aromatic rings. The largest absolute Gasteiger partial charge is 0.356 e. The SMILES string of the molecule is CN=C(NCCc1csc(C)n1)NCCn1ccnc1.I. The third-order valence-electron chi connectivity index (χ3n) is 2.79. The summed E-state index contributed by atoms with van der Waals surface area (Å²) in [6.07, 6.45) is 6.44. The highest BCUT2D eigenvalue weighted by molar-refractivity contribution is 14.0. The molecule has 0 saturated carbocycles. The molecule has 0 aliphatic rings. The van der Waals surface area contributed by atoms with Crippen LogP contribution in [0.15, 0.2) is 29.1 Å². The highest BCUT2D eigenvalue weighted by Gasteiger charge is 2.00. The van der Waals surface area contributed by atoms with Gasteiger partial charge in [0.25, 0.3) is 0 Å². The summed E-state index contributed by atoms with van der Waals surface area (Å²) in [6.45, 7) is 4.53. The van der Waals surface area contributed by atoms with E-state index in [4.69, 9.17) is 0 Å². The number of halogens is 1. The summed E-state index contributed by atoms with van der Waals surface area (Å²) in [6, 6.07) is 0. The van der Waals surface area contributed by atoms with Crippen LogP contribution in [0.25, 0.3) is 0 Å². The van der Waals surface area contributed by atoms with E-state index in [0.29, 0.717) is 0 Å². The Morgan fingerprint density at radius 3 is 2.81 bits per heavy atom. The molecule has 116 valence electrons. The molecule has 0 fully saturated rings. The van der Waals surface area contributed by atoms with Crippen molar-refractivity contribution in [2.75, 3.05) is 20.1 Å². The van der Waals surface area contributed by atoms with Crippen LogP contribution in [0.2, 0.25) is 0 Å². The molecule has 0 radical (unpaired) electrons. The molecule has 21 heavy (non-hydrogen) atoms. The first-order chi connectivity index (χ1) is 9.78. The molecule has 0 bridgehead atoms. The zero-order valence-corrected chi connectivity index (χ0v) is 15.4. The Balaban J connectivity index is 0.00000220. The van der Waals surface area contributed by atoms with Crippen molar-refractivity contribution >= 4 is 41.3 Å². The van der Waals surface area contributed by atoms with Gasteiger partial charge in [0, 0.05) is 50.9 Å². The van der Waals surface area contributed by atoms with Crippen molar-refractivity contribution in [3.8, 4) is 0 Å². The number of nitrogens with one attached hydrogen (secondary N) is 2. The maximum Gasteiger partial charge on any atom is 0.191 e. The number of aliphatic imine (C=N–C) groups is 1. The molecule has 0 atom stereocenters. The second-order valence-electron chi connectivity index (χ2n) is 4.33. The predicted molar refractivity (Wildman–Crippen MR) is 97.6 cm³/mol. The van der Waals surface area contributed by atoms with E-state index in [1.54, 1.807) is 24.6 Å². The molecule has 6 nitrogen and oxygen atoms in total. The van der Waals surface area contributed by atoms with E-state index in [1.165, 1.54) is 0 Å². The molecule has 0 aliphatic heterocycles. The molecule has 8 heteroatoms. The summed E-state index contributed by atoms with van der Waals surface area (Å²) >= 11 is 1.69. The predicted octanol–water partition coefficient (Wildman–Crippen LogP) is 1.67. The second-order valence-corrected chi connectivity index (χ2v) is 5.40. The second kappa shape index (κ2) is 9.72. The fourth-order valence-electron chi connectivity index (χ4n) is 1.78. The summed E-state index contributed by atoms with van der Waals surface area (Å²) in [7, 11) is 1.78. The first-order valence-corrected chi connectivity index (χ1v) is 7.47. The molecule has 0 amide bonds. The molecular weight excluding hydrogens is 399 g/mol. The van der Waals surface area contributed by atoms with Crippen LogP contribution in [0.5, 0.6) is 0 Å². The number of thiazole rings is 1. The number of rotatable bonds is 6. The monoisotopic (exact) mass is 420 g/mol. The van der Waals surface area contributed by atoms with Crippen LogP contribution in [0.3, 0.4) is 0 Å². The van der Waals surface area contributed by atoms with Crippen LogP contribution >= 0.6 is 35.3 Å². The lowest BCUT2D eigenvalue weighted by Gasteiger charge is -2.11. The van der Waals surface area contributed by atoms with Gasteiger partial charge in [-0.2, -0.15) is 0 Å². The lowest BCUT2D eigenvalue weighted by Crippen LogP contribution is -2.39. The van der Waals surface area contributed by atoms with Gasteiger partial charge in [0.1, 0.15) is 0 Å². The fraction of sp³-hybridized carbons (Fsp3) is 0.462. The molecule has 2 aromatic heterocycles. The van der Waals surface area contributed by atoms with Gasteiger partial charge in [0.2, 0.25) is 0 Å². The maximum atomic E-state index is 4.44.